The summed E-state index contributed by atoms with van der Waals surface area (Å²) in [4.78, 5) is 22.3. The number of carboxylic acid groups (broad SMARTS) is 1. The fourth-order valence-corrected chi connectivity index (χ4v) is 2.63. The van der Waals surface area contributed by atoms with Crippen LogP contribution < -0.4 is 0 Å². The third kappa shape index (κ3) is 9.33. The van der Waals surface area contributed by atoms with Crippen LogP contribution in [0.15, 0.2) is 60.8 Å². The summed E-state index contributed by atoms with van der Waals surface area (Å²) in [5, 5.41) is 18.1. The van der Waals surface area contributed by atoms with Gasteiger partial charge in [-0.15, -0.1) is 0 Å². The number of hydrogen-bond donors (Lipinski definition) is 2. The van der Waals surface area contributed by atoms with Crippen molar-refractivity contribution >= 4 is 11.8 Å². The number of carbonyl (C=O) groups is 2. The summed E-state index contributed by atoms with van der Waals surface area (Å²) in [6, 6.07) is 0. The van der Waals surface area contributed by atoms with Gasteiger partial charge in [-0.05, 0) is 38.2 Å². The zero-order valence-electron chi connectivity index (χ0n) is 15.5. The molecule has 2 N–H and O–H groups in total. The van der Waals surface area contributed by atoms with E-state index in [2.05, 4.69) is 12.2 Å². The van der Waals surface area contributed by atoms with Crippen molar-refractivity contribution in [3.8, 4) is 0 Å². The van der Waals surface area contributed by atoms with Crippen molar-refractivity contribution < 1.29 is 19.8 Å². The van der Waals surface area contributed by atoms with Crippen LogP contribution in [0.1, 0.15) is 45.4 Å². The van der Waals surface area contributed by atoms with E-state index in [0.29, 0.717) is 19.3 Å². The number of carboxylic acids is 1. The first-order chi connectivity index (χ1) is 12.5. The fourth-order valence-electron chi connectivity index (χ4n) is 2.63. The van der Waals surface area contributed by atoms with Gasteiger partial charge < -0.3 is 10.2 Å². The maximum atomic E-state index is 12.0. The zero-order valence-corrected chi connectivity index (χ0v) is 15.5. The smallest absolute Gasteiger partial charge is 0.303 e. The summed E-state index contributed by atoms with van der Waals surface area (Å²) >= 11 is 0. The molecule has 0 radical (unpaired) electrons. The van der Waals surface area contributed by atoms with Crippen LogP contribution >= 0.6 is 0 Å². The highest BCUT2D eigenvalue weighted by Gasteiger charge is 2.26. The molecular formula is C22H30O4. The standard InChI is InChI=1S/C22H30O4/c1-2-19(23)16-14-18-15-17-21(24)20(18)12-10-8-6-4-3-5-7-9-11-13-22(25)26/h3-4,7-10,14-20,23H,2,5-6,11-13H2,1H3,(H,25,26)/b4-3-,9-7-,10-8-,16-14+/t18-,19-,20+/m0/s1. The third-order valence-corrected chi connectivity index (χ3v) is 4.25. The van der Waals surface area contributed by atoms with E-state index >= 15 is 0 Å². The number of aliphatic carboxylic acids is 1. The van der Waals surface area contributed by atoms with Gasteiger partial charge in [-0.25, -0.2) is 0 Å². The van der Waals surface area contributed by atoms with Crippen LogP contribution in [0.25, 0.3) is 0 Å². The highest BCUT2D eigenvalue weighted by Crippen LogP contribution is 2.27. The van der Waals surface area contributed by atoms with Crippen LogP contribution in [-0.2, 0) is 9.59 Å². The van der Waals surface area contributed by atoms with Crippen LogP contribution in [0.4, 0.5) is 0 Å². The highest BCUT2D eigenvalue weighted by molar-refractivity contribution is 5.95. The molecule has 0 aliphatic heterocycles. The van der Waals surface area contributed by atoms with Gasteiger partial charge >= 0.3 is 5.97 Å². The quantitative estimate of drug-likeness (QED) is 0.507. The summed E-state index contributed by atoms with van der Waals surface area (Å²) in [5.41, 5.74) is 0. The Kier molecular flexibility index (Phi) is 11.0. The van der Waals surface area contributed by atoms with Crippen molar-refractivity contribution in [3.63, 3.8) is 0 Å². The second kappa shape index (κ2) is 13.1. The molecule has 0 spiro atoms. The number of ketones is 1. The van der Waals surface area contributed by atoms with E-state index in [1.165, 1.54) is 0 Å². The number of aliphatic hydroxyl groups is 1. The molecule has 0 fully saturated rings. The lowest BCUT2D eigenvalue weighted by atomic mass is 9.90. The Bertz CT molecular complexity index is 581. The summed E-state index contributed by atoms with van der Waals surface area (Å²) in [6.07, 6.45) is 22.6. The van der Waals surface area contributed by atoms with Gasteiger partial charge in [-0.2, -0.15) is 0 Å². The first-order valence-electron chi connectivity index (χ1n) is 9.29. The molecule has 0 aromatic carbocycles. The lowest BCUT2D eigenvalue weighted by Gasteiger charge is -2.13. The summed E-state index contributed by atoms with van der Waals surface area (Å²) in [7, 11) is 0. The minimum absolute atomic E-state index is 0.0623. The maximum absolute atomic E-state index is 12.0. The Morgan fingerprint density at radius 1 is 1.15 bits per heavy atom. The second-order valence-electron chi connectivity index (χ2n) is 6.36. The summed E-state index contributed by atoms with van der Waals surface area (Å²) in [5.74, 6) is -0.615. The summed E-state index contributed by atoms with van der Waals surface area (Å²) in [6.45, 7) is 1.92. The average molecular weight is 358 g/mol. The van der Waals surface area contributed by atoms with Crippen LogP contribution in [0, 0.1) is 11.8 Å². The number of hydrogen-bond acceptors (Lipinski definition) is 3. The number of rotatable bonds is 12. The predicted molar refractivity (Wildman–Crippen MR) is 105 cm³/mol. The number of allylic oxidation sites excluding steroid dienone is 9. The topological polar surface area (TPSA) is 74.6 Å². The van der Waals surface area contributed by atoms with Crippen molar-refractivity contribution in [2.45, 2.75) is 51.6 Å². The number of aliphatic hydroxyl groups excluding tert-OH is 1. The molecule has 1 rings (SSSR count). The molecule has 0 bridgehead atoms. The molecule has 3 atom stereocenters. The molecular weight excluding hydrogens is 328 g/mol. The highest BCUT2D eigenvalue weighted by atomic mass is 16.4. The largest absolute Gasteiger partial charge is 0.481 e. The van der Waals surface area contributed by atoms with Crippen LogP contribution in [0.3, 0.4) is 0 Å². The molecule has 0 unspecified atom stereocenters. The molecule has 0 amide bonds. The average Bonchev–Trinajstić information content (AvgIpc) is 2.97. The van der Waals surface area contributed by atoms with Crippen LogP contribution in [0.2, 0.25) is 0 Å². The van der Waals surface area contributed by atoms with Crippen molar-refractivity contribution in [3.05, 3.63) is 60.8 Å². The Morgan fingerprint density at radius 3 is 2.46 bits per heavy atom. The molecule has 4 nitrogen and oxygen atoms in total. The van der Waals surface area contributed by atoms with Gasteiger partial charge in [0.1, 0.15) is 0 Å². The molecule has 0 saturated heterocycles. The maximum Gasteiger partial charge on any atom is 0.303 e. The minimum Gasteiger partial charge on any atom is -0.481 e. The van der Waals surface area contributed by atoms with E-state index in [4.69, 9.17) is 5.11 Å². The second-order valence-corrected chi connectivity index (χ2v) is 6.36. The van der Waals surface area contributed by atoms with E-state index < -0.39 is 12.1 Å². The molecule has 142 valence electrons. The Balaban J connectivity index is 2.27. The molecule has 26 heavy (non-hydrogen) atoms. The van der Waals surface area contributed by atoms with E-state index in [9.17, 15) is 14.7 Å². The van der Waals surface area contributed by atoms with E-state index in [0.717, 1.165) is 12.8 Å². The molecule has 1 aliphatic rings. The van der Waals surface area contributed by atoms with Crippen LogP contribution in [0.5, 0.6) is 0 Å². The monoisotopic (exact) mass is 358 g/mol. The molecule has 1 aliphatic carbocycles. The van der Waals surface area contributed by atoms with Gasteiger partial charge in [0.25, 0.3) is 0 Å². The van der Waals surface area contributed by atoms with Crippen molar-refractivity contribution in [1.29, 1.82) is 0 Å². The first-order valence-corrected chi connectivity index (χ1v) is 9.29. The third-order valence-electron chi connectivity index (χ3n) is 4.25. The zero-order chi connectivity index (χ0) is 19.2. The molecule has 0 saturated carbocycles. The predicted octanol–water partition coefficient (Wildman–Crippen LogP) is 4.39. The van der Waals surface area contributed by atoms with Gasteiger partial charge in [0.15, 0.2) is 5.78 Å². The minimum atomic E-state index is -0.773. The Morgan fingerprint density at radius 2 is 1.81 bits per heavy atom. The molecule has 0 heterocycles. The van der Waals surface area contributed by atoms with Crippen LogP contribution in [-0.4, -0.2) is 28.1 Å². The number of carbonyl (C=O) groups excluding carboxylic acids is 1. The van der Waals surface area contributed by atoms with Crippen molar-refractivity contribution in [2.24, 2.45) is 11.8 Å². The normalized spacial score (nSPS) is 21.8. The van der Waals surface area contributed by atoms with Gasteiger partial charge in [-0.3, -0.25) is 9.59 Å². The van der Waals surface area contributed by atoms with Gasteiger partial charge in [0.05, 0.1) is 6.10 Å². The fraction of sp³-hybridized carbons (Fsp3) is 0.455. The lowest BCUT2D eigenvalue weighted by Crippen LogP contribution is -2.14. The van der Waals surface area contributed by atoms with Crippen molar-refractivity contribution in [2.75, 3.05) is 0 Å². The molecule has 0 aromatic rings. The van der Waals surface area contributed by atoms with Gasteiger partial charge in [0, 0.05) is 18.3 Å². The SMILES string of the molecule is CC[C@H](O)/C=C/[C@H]1C=CC(=O)[C@@H]1C/C=C\C/C=C\C/C=C\CCC(=O)O. The lowest BCUT2D eigenvalue weighted by molar-refractivity contribution is -0.136. The van der Waals surface area contributed by atoms with Gasteiger partial charge in [0.2, 0.25) is 0 Å². The molecule has 4 heteroatoms. The Labute approximate surface area is 156 Å². The van der Waals surface area contributed by atoms with Crippen molar-refractivity contribution in [1.82, 2.24) is 0 Å². The van der Waals surface area contributed by atoms with E-state index in [1.807, 2.05) is 43.4 Å². The van der Waals surface area contributed by atoms with E-state index in [-0.39, 0.29) is 24.0 Å². The first kappa shape index (κ1) is 21.8. The Hall–Kier alpha value is -2.20. The summed E-state index contributed by atoms with van der Waals surface area (Å²) < 4.78 is 0. The molecule has 0 aromatic heterocycles. The van der Waals surface area contributed by atoms with Gasteiger partial charge in [-0.1, -0.05) is 61.6 Å². The van der Waals surface area contributed by atoms with E-state index in [1.54, 1.807) is 12.2 Å².